The molecule has 0 radical (unpaired) electrons. The first-order valence-corrected chi connectivity index (χ1v) is 6.19. The Kier molecular flexibility index (Phi) is 4.20. The number of rotatable bonds is 4. The standard InChI is InChI=1S/C15H17N3O2/c1-18(10-11-4-3-7-17-9-11)14-6-5-12(8-13(14)16)15(19)20-2/h3-9H,10,16H2,1-2H3. The predicted molar refractivity (Wildman–Crippen MR) is 78.5 cm³/mol. The van der Waals surface area contributed by atoms with Crippen LogP contribution in [-0.2, 0) is 11.3 Å². The minimum atomic E-state index is -0.391. The summed E-state index contributed by atoms with van der Waals surface area (Å²) in [7, 11) is 3.29. The Balaban J connectivity index is 2.18. The summed E-state index contributed by atoms with van der Waals surface area (Å²) in [6.45, 7) is 0.690. The number of methoxy groups -OCH3 is 1. The first-order valence-electron chi connectivity index (χ1n) is 6.19. The molecule has 1 heterocycles. The van der Waals surface area contributed by atoms with Crippen LogP contribution in [0, 0.1) is 0 Å². The molecule has 5 nitrogen and oxygen atoms in total. The second kappa shape index (κ2) is 6.06. The third-order valence-corrected chi connectivity index (χ3v) is 3.00. The van der Waals surface area contributed by atoms with Crippen molar-refractivity contribution in [1.82, 2.24) is 4.98 Å². The van der Waals surface area contributed by atoms with Gasteiger partial charge in [-0.15, -0.1) is 0 Å². The zero-order chi connectivity index (χ0) is 14.5. The largest absolute Gasteiger partial charge is 0.465 e. The summed E-state index contributed by atoms with van der Waals surface area (Å²) in [6, 6.07) is 9.05. The summed E-state index contributed by atoms with van der Waals surface area (Å²) in [5, 5.41) is 0. The van der Waals surface area contributed by atoms with Crippen LogP contribution in [0.4, 0.5) is 11.4 Å². The Labute approximate surface area is 118 Å². The second-order valence-corrected chi connectivity index (χ2v) is 4.48. The molecule has 0 amide bonds. The molecule has 1 aromatic carbocycles. The molecular weight excluding hydrogens is 254 g/mol. The van der Waals surface area contributed by atoms with Gasteiger partial charge in [-0.1, -0.05) is 6.07 Å². The van der Waals surface area contributed by atoms with Crippen molar-refractivity contribution < 1.29 is 9.53 Å². The molecule has 0 bridgehead atoms. The van der Waals surface area contributed by atoms with Crippen molar-refractivity contribution in [3.05, 3.63) is 53.9 Å². The third-order valence-electron chi connectivity index (χ3n) is 3.00. The number of hydrogen-bond donors (Lipinski definition) is 1. The van der Waals surface area contributed by atoms with Crippen molar-refractivity contribution in [3.8, 4) is 0 Å². The molecule has 0 atom stereocenters. The number of carbonyl (C=O) groups is 1. The van der Waals surface area contributed by atoms with E-state index >= 15 is 0 Å². The molecule has 0 aliphatic heterocycles. The number of aromatic nitrogens is 1. The lowest BCUT2D eigenvalue weighted by atomic mass is 10.1. The average molecular weight is 271 g/mol. The number of nitrogen functional groups attached to an aromatic ring is 1. The molecule has 5 heteroatoms. The van der Waals surface area contributed by atoms with E-state index in [-0.39, 0.29) is 0 Å². The molecule has 0 fully saturated rings. The van der Waals surface area contributed by atoms with Crippen molar-refractivity contribution in [1.29, 1.82) is 0 Å². The fourth-order valence-corrected chi connectivity index (χ4v) is 2.00. The number of nitrogens with zero attached hydrogens (tertiary/aromatic N) is 2. The lowest BCUT2D eigenvalue weighted by Crippen LogP contribution is -2.18. The van der Waals surface area contributed by atoms with Gasteiger partial charge in [-0.3, -0.25) is 4.98 Å². The van der Waals surface area contributed by atoms with E-state index in [9.17, 15) is 4.79 Å². The highest BCUT2D eigenvalue weighted by atomic mass is 16.5. The van der Waals surface area contributed by atoms with Crippen LogP contribution < -0.4 is 10.6 Å². The molecule has 0 saturated carbocycles. The average Bonchev–Trinajstić information content (AvgIpc) is 2.47. The van der Waals surface area contributed by atoms with Gasteiger partial charge in [0.25, 0.3) is 0 Å². The van der Waals surface area contributed by atoms with Crippen molar-refractivity contribution >= 4 is 17.3 Å². The molecule has 0 saturated heterocycles. The Morgan fingerprint density at radius 3 is 2.80 bits per heavy atom. The molecule has 2 rings (SSSR count). The molecule has 0 aliphatic rings. The predicted octanol–water partition coefficient (Wildman–Crippen LogP) is 2.09. The molecule has 2 aromatic rings. The molecule has 0 unspecified atom stereocenters. The zero-order valence-electron chi connectivity index (χ0n) is 11.5. The summed E-state index contributed by atoms with van der Waals surface area (Å²) in [5.41, 5.74) is 8.94. The molecule has 1 aromatic heterocycles. The number of anilines is 2. The quantitative estimate of drug-likeness (QED) is 0.681. The van der Waals surface area contributed by atoms with Gasteiger partial charge in [-0.25, -0.2) is 4.79 Å². The van der Waals surface area contributed by atoms with Crippen LogP contribution in [0.3, 0.4) is 0 Å². The van der Waals surface area contributed by atoms with Crippen LogP contribution in [0.2, 0.25) is 0 Å². The lowest BCUT2D eigenvalue weighted by molar-refractivity contribution is 0.0601. The molecule has 2 N–H and O–H groups in total. The van der Waals surface area contributed by atoms with Gasteiger partial charge < -0.3 is 15.4 Å². The van der Waals surface area contributed by atoms with Crippen LogP contribution in [0.25, 0.3) is 0 Å². The number of pyridine rings is 1. The Bertz CT molecular complexity index is 599. The minimum Gasteiger partial charge on any atom is -0.465 e. The molecule has 20 heavy (non-hydrogen) atoms. The lowest BCUT2D eigenvalue weighted by Gasteiger charge is -2.21. The number of esters is 1. The van der Waals surface area contributed by atoms with Crippen molar-refractivity contribution in [2.45, 2.75) is 6.54 Å². The van der Waals surface area contributed by atoms with E-state index in [1.807, 2.05) is 36.3 Å². The highest BCUT2D eigenvalue weighted by Crippen LogP contribution is 2.25. The highest BCUT2D eigenvalue weighted by molar-refractivity contribution is 5.91. The van der Waals surface area contributed by atoms with Crippen LogP contribution in [0.5, 0.6) is 0 Å². The molecule has 0 aliphatic carbocycles. The number of benzene rings is 1. The van der Waals surface area contributed by atoms with E-state index in [0.29, 0.717) is 17.8 Å². The Morgan fingerprint density at radius 1 is 1.40 bits per heavy atom. The maximum Gasteiger partial charge on any atom is 0.337 e. The minimum absolute atomic E-state index is 0.391. The first kappa shape index (κ1) is 13.9. The maximum absolute atomic E-state index is 11.4. The maximum atomic E-state index is 11.4. The summed E-state index contributed by atoms with van der Waals surface area (Å²) >= 11 is 0. The monoisotopic (exact) mass is 271 g/mol. The topological polar surface area (TPSA) is 68.5 Å². The van der Waals surface area contributed by atoms with Gasteiger partial charge in [0.15, 0.2) is 0 Å². The van der Waals surface area contributed by atoms with E-state index in [1.165, 1.54) is 7.11 Å². The zero-order valence-corrected chi connectivity index (χ0v) is 11.5. The summed E-state index contributed by atoms with van der Waals surface area (Å²) < 4.78 is 4.67. The van der Waals surface area contributed by atoms with Crippen LogP contribution in [0.15, 0.2) is 42.7 Å². The fraction of sp³-hybridized carbons (Fsp3) is 0.200. The summed E-state index contributed by atoms with van der Waals surface area (Å²) in [5.74, 6) is -0.391. The van der Waals surface area contributed by atoms with Crippen LogP contribution in [-0.4, -0.2) is 25.1 Å². The van der Waals surface area contributed by atoms with Crippen molar-refractivity contribution in [2.75, 3.05) is 24.8 Å². The Hall–Kier alpha value is -2.56. The highest BCUT2D eigenvalue weighted by Gasteiger charge is 2.11. The van der Waals surface area contributed by atoms with Gasteiger partial charge in [0, 0.05) is 26.0 Å². The van der Waals surface area contributed by atoms with Gasteiger partial charge in [0.2, 0.25) is 0 Å². The smallest absolute Gasteiger partial charge is 0.337 e. The van der Waals surface area contributed by atoms with E-state index in [2.05, 4.69) is 9.72 Å². The fourth-order valence-electron chi connectivity index (χ4n) is 2.00. The first-order chi connectivity index (χ1) is 9.61. The van der Waals surface area contributed by atoms with E-state index in [4.69, 9.17) is 5.73 Å². The van der Waals surface area contributed by atoms with Crippen LogP contribution >= 0.6 is 0 Å². The number of hydrogen-bond acceptors (Lipinski definition) is 5. The SMILES string of the molecule is COC(=O)c1ccc(N(C)Cc2cccnc2)c(N)c1. The van der Waals surface area contributed by atoms with Gasteiger partial charge in [-0.2, -0.15) is 0 Å². The summed E-state index contributed by atoms with van der Waals surface area (Å²) in [4.78, 5) is 17.5. The van der Waals surface area contributed by atoms with Gasteiger partial charge in [0.05, 0.1) is 24.0 Å². The van der Waals surface area contributed by atoms with E-state index in [1.54, 1.807) is 18.3 Å². The number of ether oxygens (including phenoxy) is 1. The number of nitrogens with two attached hydrogens (primary N) is 1. The second-order valence-electron chi connectivity index (χ2n) is 4.48. The molecule has 104 valence electrons. The Morgan fingerprint density at radius 2 is 2.20 bits per heavy atom. The summed E-state index contributed by atoms with van der Waals surface area (Å²) in [6.07, 6.45) is 3.55. The van der Waals surface area contributed by atoms with Gasteiger partial charge >= 0.3 is 5.97 Å². The van der Waals surface area contributed by atoms with Crippen molar-refractivity contribution in [2.24, 2.45) is 0 Å². The van der Waals surface area contributed by atoms with Crippen LogP contribution in [0.1, 0.15) is 15.9 Å². The van der Waals surface area contributed by atoms with E-state index in [0.717, 1.165) is 11.3 Å². The molecular formula is C15H17N3O2. The normalized spacial score (nSPS) is 10.1. The van der Waals surface area contributed by atoms with Gasteiger partial charge in [-0.05, 0) is 29.8 Å². The van der Waals surface area contributed by atoms with Crippen molar-refractivity contribution in [3.63, 3.8) is 0 Å². The molecule has 0 spiro atoms. The van der Waals surface area contributed by atoms with Gasteiger partial charge in [0.1, 0.15) is 0 Å². The van der Waals surface area contributed by atoms with E-state index < -0.39 is 5.97 Å². The third kappa shape index (κ3) is 3.06. The number of carbonyl (C=O) groups excluding carboxylic acids is 1.